The fourth-order valence-electron chi connectivity index (χ4n) is 1.40. The minimum absolute atomic E-state index is 0.0922. The van der Waals surface area contributed by atoms with Crippen LogP contribution in [0.1, 0.15) is 5.56 Å². The zero-order chi connectivity index (χ0) is 13.9. The first kappa shape index (κ1) is 14.9. The zero-order valence-electron chi connectivity index (χ0n) is 9.96. The number of nitro groups is 1. The number of aryl methyl sites for hydroxylation is 1. The summed E-state index contributed by atoms with van der Waals surface area (Å²) in [5.74, 6) is 0.120. The van der Waals surface area contributed by atoms with Crippen LogP contribution in [0.5, 0.6) is 0 Å². The minimum Gasteiger partial charge on any atom is -0.258 e. The monoisotopic (exact) mass is 292 g/mol. The van der Waals surface area contributed by atoms with Crippen LogP contribution >= 0.6 is 11.6 Å². The summed E-state index contributed by atoms with van der Waals surface area (Å²) in [4.78, 5) is 9.88. The summed E-state index contributed by atoms with van der Waals surface area (Å²) in [5, 5.41) is 10.9. The summed E-state index contributed by atoms with van der Waals surface area (Å²) < 4.78 is 25.2. The van der Waals surface area contributed by atoms with Gasteiger partial charge in [-0.25, -0.2) is 8.42 Å². The summed E-state index contributed by atoms with van der Waals surface area (Å²) in [5.41, 5.74) is 0.206. The highest BCUT2D eigenvalue weighted by atomic mass is 35.5. The maximum Gasteiger partial charge on any atom is 0.289 e. The number of sulfonamides is 1. The summed E-state index contributed by atoms with van der Waals surface area (Å²) in [6, 6.07) is 4.00. The second-order valence-electron chi connectivity index (χ2n) is 3.74. The molecule has 0 unspecified atom stereocenters. The highest BCUT2D eigenvalue weighted by molar-refractivity contribution is 7.89. The van der Waals surface area contributed by atoms with Crippen molar-refractivity contribution < 1.29 is 13.3 Å². The summed E-state index contributed by atoms with van der Waals surface area (Å²) in [6.07, 6.45) is 0. The second kappa shape index (κ2) is 5.64. The molecule has 18 heavy (non-hydrogen) atoms. The van der Waals surface area contributed by atoms with Crippen LogP contribution in [0.4, 0.5) is 5.69 Å². The van der Waals surface area contributed by atoms with Crippen molar-refractivity contribution in [2.24, 2.45) is 0 Å². The molecule has 8 heteroatoms. The van der Waals surface area contributed by atoms with Gasteiger partial charge in [0.1, 0.15) is 0 Å². The molecule has 0 aromatic heterocycles. The maximum absolute atomic E-state index is 12.1. The first-order chi connectivity index (χ1) is 8.30. The number of halogens is 1. The van der Waals surface area contributed by atoms with Gasteiger partial charge in [-0.3, -0.25) is 10.1 Å². The van der Waals surface area contributed by atoms with E-state index in [0.29, 0.717) is 5.56 Å². The van der Waals surface area contributed by atoms with Crippen LogP contribution in [0, 0.1) is 17.0 Å². The highest BCUT2D eigenvalue weighted by Gasteiger charge is 2.29. The van der Waals surface area contributed by atoms with Gasteiger partial charge in [-0.15, -0.1) is 11.6 Å². The lowest BCUT2D eigenvalue weighted by atomic mass is 10.2. The average Bonchev–Trinajstić information content (AvgIpc) is 2.28. The van der Waals surface area contributed by atoms with E-state index in [0.717, 1.165) is 4.31 Å². The molecule has 0 radical (unpaired) electrons. The van der Waals surface area contributed by atoms with Gasteiger partial charge in [0.2, 0.25) is 10.0 Å². The van der Waals surface area contributed by atoms with Crippen LogP contribution in [0.25, 0.3) is 0 Å². The molecule has 1 rings (SSSR count). The molecule has 0 atom stereocenters. The second-order valence-corrected chi connectivity index (χ2v) is 6.14. The normalized spacial score (nSPS) is 11.8. The molecule has 0 aliphatic heterocycles. The van der Waals surface area contributed by atoms with Crippen LogP contribution < -0.4 is 0 Å². The van der Waals surface area contributed by atoms with Crippen LogP contribution in [0.15, 0.2) is 23.1 Å². The molecule has 0 N–H and O–H groups in total. The largest absolute Gasteiger partial charge is 0.289 e. The molecule has 0 aliphatic rings. The number of hydrogen-bond donors (Lipinski definition) is 0. The number of alkyl halides is 1. The maximum atomic E-state index is 12.1. The molecule has 0 amide bonds. The molecule has 0 aliphatic carbocycles. The van der Waals surface area contributed by atoms with Crippen molar-refractivity contribution in [2.45, 2.75) is 11.8 Å². The Kier molecular flexibility index (Phi) is 4.66. The number of nitro benzene ring substituents is 1. The topological polar surface area (TPSA) is 80.5 Å². The van der Waals surface area contributed by atoms with Crippen molar-refractivity contribution in [3.63, 3.8) is 0 Å². The minimum atomic E-state index is -3.89. The lowest BCUT2D eigenvalue weighted by molar-refractivity contribution is -0.387. The van der Waals surface area contributed by atoms with Crippen LogP contribution in [0.3, 0.4) is 0 Å². The van der Waals surface area contributed by atoms with Crippen molar-refractivity contribution in [1.29, 1.82) is 0 Å². The van der Waals surface area contributed by atoms with Crippen molar-refractivity contribution in [3.05, 3.63) is 33.9 Å². The van der Waals surface area contributed by atoms with Gasteiger partial charge in [-0.1, -0.05) is 6.07 Å². The predicted molar refractivity (Wildman–Crippen MR) is 68.4 cm³/mol. The van der Waals surface area contributed by atoms with Gasteiger partial charge in [-0.05, 0) is 18.6 Å². The van der Waals surface area contributed by atoms with E-state index in [4.69, 9.17) is 11.6 Å². The van der Waals surface area contributed by atoms with Crippen LogP contribution in [-0.4, -0.2) is 37.1 Å². The SMILES string of the molecule is Cc1ccc(S(=O)(=O)N(C)CCCl)c([N+](=O)[O-])c1. The fraction of sp³-hybridized carbons (Fsp3) is 0.400. The number of rotatable bonds is 5. The third-order valence-electron chi connectivity index (χ3n) is 2.40. The van der Waals surface area contributed by atoms with Gasteiger partial charge in [0.05, 0.1) is 4.92 Å². The summed E-state index contributed by atoms with van der Waals surface area (Å²) in [7, 11) is -2.55. The van der Waals surface area contributed by atoms with Crippen LogP contribution in [-0.2, 0) is 10.0 Å². The average molecular weight is 293 g/mol. The van der Waals surface area contributed by atoms with Gasteiger partial charge in [0.15, 0.2) is 4.90 Å². The zero-order valence-corrected chi connectivity index (χ0v) is 11.5. The van der Waals surface area contributed by atoms with Crippen LogP contribution in [0.2, 0.25) is 0 Å². The Morgan fingerprint density at radius 2 is 2.06 bits per heavy atom. The van der Waals surface area contributed by atoms with E-state index in [1.807, 2.05) is 0 Å². The van der Waals surface area contributed by atoms with Gasteiger partial charge in [-0.2, -0.15) is 4.31 Å². The smallest absolute Gasteiger partial charge is 0.258 e. The molecule has 0 spiro atoms. The van der Waals surface area contributed by atoms with E-state index in [1.54, 1.807) is 6.92 Å². The third kappa shape index (κ3) is 2.98. The summed E-state index contributed by atoms with van der Waals surface area (Å²) in [6.45, 7) is 1.75. The van der Waals surface area contributed by atoms with Crippen molar-refractivity contribution in [1.82, 2.24) is 4.31 Å². The van der Waals surface area contributed by atoms with E-state index < -0.39 is 20.6 Å². The Morgan fingerprint density at radius 1 is 1.44 bits per heavy atom. The first-order valence-corrected chi connectivity index (χ1v) is 7.05. The first-order valence-electron chi connectivity index (χ1n) is 5.08. The Bertz CT molecular complexity index is 559. The molecule has 1 aromatic rings. The third-order valence-corrected chi connectivity index (χ3v) is 4.47. The summed E-state index contributed by atoms with van der Waals surface area (Å²) >= 11 is 5.48. The number of nitrogens with zero attached hydrogens (tertiary/aromatic N) is 2. The molecule has 6 nitrogen and oxygen atoms in total. The lowest BCUT2D eigenvalue weighted by Crippen LogP contribution is -2.29. The van der Waals surface area contributed by atoms with Crippen molar-refractivity contribution >= 4 is 27.3 Å². The Balaban J connectivity index is 3.37. The van der Waals surface area contributed by atoms with E-state index in [1.165, 1.54) is 25.2 Å². The Hall–Kier alpha value is -1.18. The Labute approximate surface area is 110 Å². The highest BCUT2D eigenvalue weighted by Crippen LogP contribution is 2.26. The van der Waals surface area contributed by atoms with E-state index >= 15 is 0 Å². The predicted octanol–water partition coefficient (Wildman–Crippen LogP) is 1.76. The van der Waals surface area contributed by atoms with E-state index in [9.17, 15) is 18.5 Å². The lowest BCUT2D eigenvalue weighted by Gasteiger charge is -2.15. The molecular weight excluding hydrogens is 280 g/mol. The van der Waals surface area contributed by atoms with Crippen molar-refractivity contribution in [2.75, 3.05) is 19.5 Å². The van der Waals surface area contributed by atoms with Gasteiger partial charge < -0.3 is 0 Å². The quantitative estimate of drug-likeness (QED) is 0.470. The fourth-order valence-corrected chi connectivity index (χ4v) is 3.05. The molecule has 0 bridgehead atoms. The van der Waals surface area contributed by atoms with Gasteiger partial charge >= 0.3 is 0 Å². The molecule has 1 aromatic carbocycles. The van der Waals surface area contributed by atoms with Gasteiger partial charge in [0.25, 0.3) is 5.69 Å². The molecule has 0 saturated heterocycles. The van der Waals surface area contributed by atoms with E-state index in [-0.39, 0.29) is 17.3 Å². The molecule has 100 valence electrons. The molecule has 0 saturated carbocycles. The van der Waals surface area contributed by atoms with Crippen molar-refractivity contribution in [3.8, 4) is 0 Å². The molecular formula is C10H13ClN2O4S. The van der Waals surface area contributed by atoms with E-state index in [2.05, 4.69) is 0 Å². The molecule has 0 heterocycles. The number of hydrogen-bond acceptors (Lipinski definition) is 4. The molecule has 0 fully saturated rings. The number of benzene rings is 1. The van der Waals surface area contributed by atoms with Gasteiger partial charge in [0, 0.05) is 25.5 Å². The Morgan fingerprint density at radius 3 is 2.56 bits per heavy atom. The standard InChI is InChI=1S/C10H13ClN2O4S/c1-8-3-4-10(9(7-8)13(14)15)18(16,17)12(2)6-5-11/h3-4,7H,5-6H2,1-2H3.